The molecular weight excluding hydrogens is 152 g/mol. The molecular formula is C10H18O2. The summed E-state index contributed by atoms with van der Waals surface area (Å²) in [7, 11) is 0. The Kier molecular flexibility index (Phi) is 2.37. The Balaban J connectivity index is 1.92. The van der Waals surface area contributed by atoms with E-state index in [9.17, 15) is 0 Å². The molecule has 0 amide bonds. The van der Waals surface area contributed by atoms with Gasteiger partial charge in [0.2, 0.25) is 0 Å². The molecule has 0 aromatic carbocycles. The quantitative estimate of drug-likeness (QED) is 0.586. The van der Waals surface area contributed by atoms with Crippen LogP contribution < -0.4 is 0 Å². The zero-order chi connectivity index (χ0) is 8.55. The lowest BCUT2D eigenvalue weighted by Crippen LogP contribution is -2.29. The topological polar surface area (TPSA) is 40.5 Å². The average Bonchev–Trinajstić information content (AvgIpc) is 2.49. The predicted octanol–water partition coefficient (Wildman–Crippen LogP) is 1.51. The van der Waals surface area contributed by atoms with E-state index in [0.717, 1.165) is 24.7 Å². The van der Waals surface area contributed by atoms with Crippen molar-refractivity contribution in [1.29, 1.82) is 0 Å². The third kappa shape index (κ3) is 1.50. The van der Waals surface area contributed by atoms with Crippen LogP contribution in [0.2, 0.25) is 0 Å². The summed E-state index contributed by atoms with van der Waals surface area (Å²) in [5, 5.41) is 18.1. The van der Waals surface area contributed by atoms with Gasteiger partial charge in [0.25, 0.3) is 0 Å². The summed E-state index contributed by atoms with van der Waals surface area (Å²) < 4.78 is 0. The zero-order valence-corrected chi connectivity index (χ0v) is 7.45. The minimum atomic E-state index is -1.06. The van der Waals surface area contributed by atoms with E-state index in [4.69, 9.17) is 10.2 Å². The molecule has 0 aliphatic heterocycles. The van der Waals surface area contributed by atoms with Crippen molar-refractivity contribution in [3.05, 3.63) is 0 Å². The summed E-state index contributed by atoms with van der Waals surface area (Å²) in [5.41, 5.74) is 0. The standard InChI is InChI=1S/C10H18O2/c11-10(12)9-5-4-7-2-1-3-8(7)6-9/h7-12H,1-6H2. The van der Waals surface area contributed by atoms with Crippen LogP contribution in [0.4, 0.5) is 0 Å². The molecule has 3 unspecified atom stereocenters. The molecule has 2 N–H and O–H groups in total. The molecule has 2 aliphatic rings. The monoisotopic (exact) mass is 170 g/mol. The van der Waals surface area contributed by atoms with Crippen LogP contribution in [-0.4, -0.2) is 16.5 Å². The van der Waals surface area contributed by atoms with Crippen molar-refractivity contribution in [3.8, 4) is 0 Å². The van der Waals surface area contributed by atoms with E-state index in [-0.39, 0.29) is 5.92 Å². The lowest BCUT2D eigenvalue weighted by atomic mass is 9.76. The SMILES string of the molecule is OC(O)C1CCC2CCCC2C1. The molecule has 2 fully saturated rings. The fraction of sp³-hybridized carbons (Fsp3) is 1.00. The number of hydrogen-bond donors (Lipinski definition) is 2. The molecule has 0 aromatic rings. The Bertz CT molecular complexity index is 156. The van der Waals surface area contributed by atoms with Crippen LogP contribution in [-0.2, 0) is 0 Å². The highest BCUT2D eigenvalue weighted by Crippen LogP contribution is 2.44. The Hall–Kier alpha value is -0.0800. The van der Waals surface area contributed by atoms with Gasteiger partial charge in [0.1, 0.15) is 0 Å². The first kappa shape index (κ1) is 8.52. The molecule has 2 heteroatoms. The van der Waals surface area contributed by atoms with Gasteiger partial charge in [0.15, 0.2) is 6.29 Å². The third-order valence-electron chi connectivity index (χ3n) is 3.75. The van der Waals surface area contributed by atoms with Crippen molar-refractivity contribution in [3.63, 3.8) is 0 Å². The molecule has 12 heavy (non-hydrogen) atoms. The number of rotatable bonds is 1. The number of hydrogen-bond acceptors (Lipinski definition) is 2. The van der Waals surface area contributed by atoms with E-state index in [2.05, 4.69) is 0 Å². The highest BCUT2D eigenvalue weighted by molar-refractivity contribution is 4.85. The molecule has 2 saturated carbocycles. The van der Waals surface area contributed by atoms with E-state index < -0.39 is 6.29 Å². The Morgan fingerprint density at radius 3 is 2.42 bits per heavy atom. The van der Waals surface area contributed by atoms with Gasteiger partial charge in [0.05, 0.1) is 0 Å². The van der Waals surface area contributed by atoms with Crippen molar-refractivity contribution < 1.29 is 10.2 Å². The molecule has 0 spiro atoms. The minimum absolute atomic E-state index is 0.171. The summed E-state index contributed by atoms with van der Waals surface area (Å²) in [6, 6.07) is 0. The maximum Gasteiger partial charge on any atom is 0.154 e. The fourth-order valence-electron chi connectivity index (χ4n) is 3.01. The molecule has 0 saturated heterocycles. The number of aliphatic hydroxyl groups excluding tert-OH is 1. The van der Waals surface area contributed by atoms with Crippen LogP contribution >= 0.6 is 0 Å². The van der Waals surface area contributed by atoms with Crippen molar-refractivity contribution in [2.45, 2.75) is 44.8 Å². The highest BCUT2D eigenvalue weighted by atomic mass is 16.5. The van der Waals surface area contributed by atoms with Crippen molar-refractivity contribution in [2.24, 2.45) is 17.8 Å². The smallest absolute Gasteiger partial charge is 0.154 e. The second-order valence-electron chi connectivity index (χ2n) is 4.44. The first-order valence-corrected chi connectivity index (χ1v) is 5.13. The first-order valence-electron chi connectivity index (χ1n) is 5.13. The normalized spacial score (nSPS) is 41.8. The average molecular weight is 170 g/mol. The summed E-state index contributed by atoms with van der Waals surface area (Å²) in [5.74, 6) is 1.90. The molecule has 3 atom stereocenters. The maximum absolute atomic E-state index is 9.05. The van der Waals surface area contributed by atoms with Gasteiger partial charge >= 0.3 is 0 Å². The largest absolute Gasteiger partial charge is 0.368 e. The van der Waals surface area contributed by atoms with Crippen molar-refractivity contribution >= 4 is 0 Å². The van der Waals surface area contributed by atoms with Crippen LogP contribution in [0.1, 0.15) is 38.5 Å². The van der Waals surface area contributed by atoms with Crippen molar-refractivity contribution in [2.75, 3.05) is 0 Å². The minimum Gasteiger partial charge on any atom is -0.368 e. The number of fused-ring (bicyclic) bond motifs is 1. The Morgan fingerprint density at radius 1 is 0.917 bits per heavy atom. The van der Waals surface area contributed by atoms with E-state index in [1.807, 2.05) is 0 Å². The van der Waals surface area contributed by atoms with E-state index in [1.54, 1.807) is 0 Å². The lowest BCUT2D eigenvalue weighted by molar-refractivity contribution is -0.101. The first-order chi connectivity index (χ1) is 5.77. The van der Waals surface area contributed by atoms with E-state index >= 15 is 0 Å². The highest BCUT2D eigenvalue weighted by Gasteiger charge is 2.35. The van der Waals surface area contributed by atoms with Gasteiger partial charge in [-0.1, -0.05) is 19.3 Å². The van der Waals surface area contributed by atoms with Gasteiger partial charge < -0.3 is 10.2 Å². The van der Waals surface area contributed by atoms with Crippen molar-refractivity contribution in [1.82, 2.24) is 0 Å². The van der Waals surface area contributed by atoms with Gasteiger partial charge in [-0.2, -0.15) is 0 Å². The van der Waals surface area contributed by atoms with Gasteiger partial charge in [-0.25, -0.2) is 0 Å². The van der Waals surface area contributed by atoms with Gasteiger partial charge in [-0.15, -0.1) is 0 Å². The Morgan fingerprint density at radius 2 is 1.67 bits per heavy atom. The van der Waals surface area contributed by atoms with Crippen LogP contribution in [0.3, 0.4) is 0 Å². The van der Waals surface area contributed by atoms with Gasteiger partial charge in [-0.05, 0) is 31.1 Å². The Labute approximate surface area is 73.6 Å². The van der Waals surface area contributed by atoms with E-state index in [1.165, 1.54) is 25.7 Å². The third-order valence-corrected chi connectivity index (χ3v) is 3.75. The maximum atomic E-state index is 9.05. The van der Waals surface area contributed by atoms with Crippen LogP contribution in [0.5, 0.6) is 0 Å². The molecule has 0 aromatic heterocycles. The van der Waals surface area contributed by atoms with Crippen LogP contribution in [0, 0.1) is 17.8 Å². The molecule has 0 heterocycles. The zero-order valence-electron chi connectivity index (χ0n) is 7.45. The summed E-state index contributed by atoms with van der Waals surface area (Å²) >= 11 is 0. The number of aliphatic hydroxyl groups is 2. The second-order valence-corrected chi connectivity index (χ2v) is 4.44. The predicted molar refractivity (Wildman–Crippen MR) is 46.4 cm³/mol. The molecule has 2 aliphatic carbocycles. The van der Waals surface area contributed by atoms with E-state index in [0.29, 0.717) is 0 Å². The van der Waals surface area contributed by atoms with Crippen LogP contribution in [0.25, 0.3) is 0 Å². The molecule has 2 rings (SSSR count). The second kappa shape index (κ2) is 3.35. The molecule has 70 valence electrons. The van der Waals surface area contributed by atoms with Gasteiger partial charge in [0, 0.05) is 5.92 Å². The van der Waals surface area contributed by atoms with Crippen LogP contribution in [0.15, 0.2) is 0 Å². The molecule has 0 radical (unpaired) electrons. The summed E-state index contributed by atoms with van der Waals surface area (Å²) in [4.78, 5) is 0. The summed E-state index contributed by atoms with van der Waals surface area (Å²) in [6.07, 6.45) is 6.33. The summed E-state index contributed by atoms with van der Waals surface area (Å²) in [6.45, 7) is 0. The molecule has 0 bridgehead atoms. The fourth-order valence-corrected chi connectivity index (χ4v) is 3.01. The lowest BCUT2D eigenvalue weighted by Gasteiger charge is -2.32. The van der Waals surface area contributed by atoms with Gasteiger partial charge in [-0.3, -0.25) is 0 Å². The molecule has 2 nitrogen and oxygen atoms in total.